The minimum absolute atomic E-state index is 0.000443. The van der Waals surface area contributed by atoms with Gasteiger partial charge >= 0.3 is 17.9 Å². The molecular formula is C81H108N3O8+. The molecular weight excluding hydrogens is 1140 g/mol. The highest BCUT2D eigenvalue weighted by molar-refractivity contribution is 6.22. The number of benzene rings is 5. The Hall–Kier alpha value is -7.75. The number of para-hydroxylation sites is 2. The SMILES string of the molecule is CC(C)(C)CC(C(=O)Nc1ccccc1)C(CC(c1ccccc1)C(C)(C)C)C(=O)O.CC(C)(C)CC1C(=O)N(c2ccccc2)C(=O)C1CC(c1ccccc1)C(C)(C)C.CC(C)(C)CC1C(=O)OC(=O)C1CC(c1ccccc1)C(C)(C)C.NC1=CC=CC=[C+]1. The average Bonchev–Trinajstić information content (AvgIpc) is 1.60. The molecule has 4 N–H and O–H groups in total. The molecule has 0 saturated carbocycles. The molecule has 5 aromatic rings. The van der Waals surface area contributed by atoms with Crippen LogP contribution in [0.5, 0.6) is 0 Å². The Bertz CT molecular complexity index is 3280. The Morgan fingerprint density at radius 3 is 1.27 bits per heavy atom. The molecule has 5 aromatic carbocycles. The highest BCUT2D eigenvalue weighted by Crippen LogP contribution is 2.49. The van der Waals surface area contributed by atoms with Crippen molar-refractivity contribution in [3.63, 3.8) is 0 Å². The van der Waals surface area contributed by atoms with Crippen LogP contribution in [-0.4, -0.2) is 40.7 Å². The number of esters is 2. The van der Waals surface area contributed by atoms with Crippen LogP contribution in [0.15, 0.2) is 182 Å². The first-order valence-electron chi connectivity index (χ1n) is 32.9. The number of rotatable bonds is 17. The van der Waals surface area contributed by atoms with E-state index in [2.05, 4.69) is 164 Å². The summed E-state index contributed by atoms with van der Waals surface area (Å²) in [6, 6.07) is 49.3. The molecule has 3 amide bonds. The first kappa shape index (κ1) is 75.0. The van der Waals surface area contributed by atoms with Crippen molar-refractivity contribution in [2.24, 2.45) is 73.7 Å². The monoisotopic (exact) mass is 1250 g/mol. The normalized spacial score (nSPS) is 19.2. The van der Waals surface area contributed by atoms with Gasteiger partial charge in [0.15, 0.2) is 5.70 Å². The molecule has 2 aliphatic heterocycles. The highest BCUT2D eigenvalue weighted by Gasteiger charge is 2.51. The second-order valence-corrected chi connectivity index (χ2v) is 32.2. The maximum absolute atomic E-state index is 13.6. The number of cyclic esters (lactones) is 2. The standard InChI is InChI=1S/C27H37NO3.C27H35NO2.C21H30O3.C6H6N/c1-26(2,3)18-22(24(29)28-20-15-11-8-12-16-20)21(25(30)31)17-23(27(4,5)6)19-13-9-7-10-14-19;1-26(2,3)18-22-21(17-23(27(4,5)6)19-13-9-7-10-14-19)24(29)28(25(22)30)20-15-11-8-12-16-20;1-20(2,3)13-16-15(18(22)24-19(16)23)12-17(21(4,5)6)14-10-8-7-9-11-14;7-6-4-2-1-3-5-6/h7-16,21-23H,17-18H2,1-6H3,(H,28,29)(H,30,31);7-16,21-23H,17-18H2,1-6H3;7-11,15-17H,12-13H2,1-6H3;1-4H,7H2/q;;;+1. The smallest absolute Gasteiger partial charge is 0.317 e. The van der Waals surface area contributed by atoms with E-state index in [0.717, 1.165) is 5.56 Å². The molecule has 8 rings (SSSR count). The molecule has 0 aromatic heterocycles. The molecule has 1 aliphatic carbocycles. The number of nitrogens with one attached hydrogen (secondary N) is 1. The summed E-state index contributed by atoms with van der Waals surface area (Å²) < 4.78 is 5.00. The third kappa shape index (κ3) is 23.1. The number of carbonyl (C=O) groups is 6. The Kier molecular flexibility index (Phi) is 26.2. The summed E-state index contributed by atoms with van der Waals surface area (Å²) in [5.41, 5.74) is 10.5. The first-order chi connectivity index (χ1) is 42.8. The molecule has 2 fully saturated rings. The van der Waals surface area contributed by atoms with Gasteiger partial charge < -0.3 is 20.9 Å². The number of hydrogen-bond acceptors (Lipinski definition) is 8. The van der Waals surface area contributed by atoms with Crippen LogP contribution >= 0.6 is 0 Å². The van der Waals surface area contributed by atoms with Crippen molar-refractivity contribution >= 4 is 47.0 Å². The van der Waals surface area contributed by atoms with Gasteiger partial charge in [0, 0.05) is 11.8 Å². The third-order valence-corrected chi connectivity index (χ3v) is 17.5. The van der Waals surface area contributed by atoms with E-state index in [1.807, 2.05) is 136 Å². The van der Waals surface area contributed by atoms with Crippen LogP contribution in [0, 0.1) is 74.1 Å². The maximum atomic E-state index is 13.6. The lowest BCUT2D eigenvalue weighted by Gasteiger charge is -2.36. The number of allylic oxidation sites excluding steroid dienone is 5. The van der Waals surface area contributed by atoms with E-state index >= 15 is 0 Å². The van der Waals surface area contributed by atoms with Gasteiger partial charge in [-0.25, -0.2) is 0 Å². The highest BCUT2D eigenvalue weighted by atomic mass is 16.6. The fourth-order valence-electron chi connectivity index (χ4n) is 13.0. The number of nitrogens with zero attached hydrogens (tertiary/aromatic N) is 1. The van der Waals surface area contributed by atoms with Crippen molar-refractivity contribution in [1.82, 2.24) is 0 Å². The predicted octanol–water partition coefficient (Wildman–Crippen LogP) is 18.8. The van der Waals surface area contributed by atoms with Crippen LogP contribution in [0.1, 0.15) is 198 Å². The van der Waals surface area contributed by atoms with Crippen LogP contribution in [0.2, 0.25) is 0 Å². The van der Waals surface area contributed by atoms with Crippen LogP contribution in [0.25, 0.3) is 0 Å². The number of carboxylic acids is 1. The molecule has 0 radical (unpaired) electrons. The second-order valence-electron chi connectivity index (χ2n) is 32.2. The lowest BCUT2D eigenvalue weighted by Crippen LogP contribution is -2.38. The number of hydrogen-bond donors (Lipinski definition) is 3. The van der Waals surface area contributed by atoms with Gasteiger partial charge in [0.2, 0.25) is 17.7 Å². The summed E-state index contributed by atoms with van der Waals surface area (Å²) >= 11 is 0. The number of carbonyl (C=O) groups excluding carboxylic acids is 5. The summed E-state index contributed by atoms with van der Waals surface area (Å²) in [6.45, 7) is 38.5. The van der Waals surface area contributed by atoms with Gasteiger partial charge in [-0.2, -0.15) is 0 Å². The number of nitrogens with two attached hydrogens (primary N) is 1. The maximum Gasteiger partial charge on any atom is 0.317 e. The minimum atomic E-state index is -0.914. The van der Waals surface area contributed by atoms with Gasteiger partial charge in [-0.15, -0.1) is 0 Å². The summed E-state index contributed by atoms with van der Waals surface area (Å²) in [5, 5.41) is 13.2. The molecule has 3 aliphatic rings. The zero-order valence-electron chi connectivity index (χ0n) is 58.5. The number of imide groups is 1. The van der Waals surface area contributed by atoms with E-state index in [1.54, 1.807) is 12.2 Å². The molecule has 0 bridgehead atoms. The van der Waals surface area contributed by atoms with Crippen molar-refractivity contribution in [3.05, 3.63) is 204 Å². The van der Waals surface area contributed by atoms with E-state index < -0.39 is 17.8 Å². The van der Waals surface area contributed by atoms with Crippen molar-refractivity contribution < 1.29 is 38.6 Å². The molecule has 9 unspecified atom stereocenters. The van der Waals surface area contributed by atoms with Crippen LogP contribution in [0.3, 0.4) is 0 Å². The topological polar surface area (TPSA) is 173 Å². The molecule has 11 heteroatoms. The number of anilines is 2. The van der Waals surface area contributed by atoms with E-state index in [-0.39, 0.29) is 104 Å². The quantitative estimate of drug-likeness (QED) is 0.0354. The third-order valence-electron chi connectivity index (χ3n) is 17.5. The Balaban J connectivity index is 0.000000239. The van der Waals surface area contributed by atoms with Crippen LogP contribution in [-0.2, 0) is 33.5 Å². The van der Waals surface area contributed by atoms with Gasteiger partial charge in [0.1, 0.15) is 6.08 Å². The van der Waals surface area contributed by atoms with E-state index in [4.69, 9.17) is 10.5 Å². The lowest BCUT2D eigenvalue weighted by molar-refractivity contribution is -0.154. The molecule has 0 spiro atoms. The molecule has 92 heavy (non-hydrogen) atoms. The molecule has 9 atom stereocenters. The summed E-state index contributed by atoms with van der Waals surface area (Å²) in [7, 11) is 0. The molecule has 2 saturated heterocycles. The number of aliphatic carboxylic acids is 1. The summed E-state index contributed by atoms with van der Waals surface area (Å²) in [5.74, 6) is -4.21. The van der Waals surface area contributed by atoms with Gasteiger partial charge in [-0.1, -0.05) is 252 Å². The predicted molar refractivity (Wildman–Crippen MR) is 375 cm³/mol. The van der Waals surface area contributed by atoms with Gasteiger partial charge in [0.05, 0.1) is 59.4 Å². The van der Waals surface area contributed by atoms with E-state index in [0.29, 0.717) is 55.6 Å². The van der Waals surface area contributed by atoms with Crippen LogP contribution in [0.4, 0.5) is 11.4 Å². The fraction of sp³-hybridized carbons (Fsp3) is 0.481. The summed E-state index contributed by atoms with van der Waals surface area (Å²) in [4.78, 5) is 78.9. The van der Waals surface area contributed by atoms with Gasteiger partial charge in [0.25, 0.3) is 0 Å². The number of ether oxygens (including phenoxy) is 1. The van der Waals surface area contributed by atoms with Crippen molar-refractivity contribution in [2.75, 3.05) is 10.2 Å². The van der Waals surface area contributed by atoms with Gasteiger partial charge in [-0.3, -0.25) is 33.7 Å². The number of amides is 3. The van der Waals surface area contributed by atoms with E-state index in [1.165, 1.54) is 16.0 Å². The first-order valence-corrected chi connectivity index (χ1v) is 32.9. The lowest BCUT2D eigenvalue weighted by atomic mass is 9.68. The Labute approximate surface area is 552 Å². The van der Waals surface area contributed by atoms with E-state index in [9.17, 15) is 33.9 Å². The van der Waals surface area contributed by atoms with Gasteiger partial charge in [-0.05, 0) is 130 Å². The minimum Gasteiger partial charge on any atom is -0.481 e. The average molecular weight is 1250 g/mol. The zero-order valence-corrected chi connectivity index (χ0v) is 58.5. The zero-order chi connectivity index (χ0) is 68.6. The Morgan fingerprint density at radius 1 is 0.500 bits per heavy atom. The van der Waals surface area contributed by atoms with Crippen LogP contribution < -0.4 is 16.0 Å². The molecule has 2 heterocycles. The largest absolute Gasteiger partial charge is 0.481 e. The summed E-state index contributed by atoms with van der Waals surface area (Å²) in [6.07, 6.45) is 13.8. The van der Waals surface area contributed by atoms with Crippen molar-refractivity contribution in [2.45, 2.75) is 181 Å². The number of carboxylic acid groups (broad SMARTS) is 1. The Morgan fingerprint density at radius 2 is 0.891 bits per heavy atom. The fourth-order valence-corrected chi connectivity index (χ4v) is 13.0. The molecule has 11 nitrogen and oxygen atoms in total. The molecule has 494 valence electrons. The van der Waals surface area contributed by atoms with Crippen molar-refractivity contribution in [3.8, 4) is 0 Å². The second kappa shape index (κ2) is 32.2. The van der Waals surface area contributed by atoms with Crippen molar-refractivity contribution in [1.29, 1.82) is 0 Å².